The third-order valence-electron chi connectivity index (χ3n) is 10.5. The van der Waals surface area contributed by atoms with Gasteiger partial charge in [-0.2, -0.15) is 5.26 Å². The monoisotopic (exact) mass is 744 g/mol. The van der Waals surface area contributed by atoms with E-state index in [0.717, 1.165) is 98.9 Å². The molecule has 2 aliphatic carbocycles. The molecule has 3 heterocycles. The number of ether oxygens (including phenoxy) is 1. The van der Waals surface area contributed by atoms with E-state index >= 15 is 0 Å². The number of halogens is 2. The summed E-state index contributed by atoms with van der Waals surface area (Å²) in [5.41, 5.74) is 10.8. The van der Waals surface area contributed by atoms with Gasteiger partial charge in [-0.25, -0.2) is 4.98 Å². The van der Waals surface area contributed by atoms with Gasteiger partial charge >= 0.3 is 5.97 Å². The number of hydrogen-bond donors (Lipinski definition) is 3. The zero-order valence-corrected chi connectivity index (χ0v) is 30.8. The molecule has 53 heavy (non-hydrogen) atoms. The Morgan fingerprint density at radius 1 is 1.06 bits per heavy atom. The molecule has 0 unspecified atom stereocenters. The highest BCUT2D eigenvalue weighted by Gasteiger charge is 2.31. The predicted molar refractivity (Wildman–Crippen MR) is 209 cm³/mol. The first-order valence-electron chi connectivity index (χ1n) is 18.0. The molecule has 0 radical (unpaired) electrons. The van der Waals surface area contributed by atoms with Crippen LogP contribution in [-0.4, -0.2) is 58.3 Å². The summed E-state index contributed by atoms with van der Waals surface area (Å²) in [6.45, 7) is 4.55. The molecule has 2 atom stereocenters. The zero-order chi connectivity index (χ0) is 36.6. The van der Waals surface area contributed by atoms with Crippen LogP contribution in [0, 0.1) is 11.3 Å². The van der Waals surface area contributed by atoms with Crippen molar-refractivity contribution in [3.63, 3.8) is 0 Å². The van der Waals surface area contributed by atoms with Gasteiger partial charge in [0.05, 0.1) is 46.6 Å². The van der Waals surface area contributed by atoms with Crippen LogP contribution in [0.15, 0.2) is 67.0 Å². The molecule has 3 aromatic carbocycles. The maximum absolute atomic E-state index is 12.0. The number of allylic oxidation sites excluding steroid dienone is 1. The highest BCUT2D eigenvalue weighted by atomic mass is 35.5. The van der Waals surface area contributed by atoms with Gasteiger partial charge in [0.2, 0.25) is 0 Å². The van der Waals surface area contributed by atoms with Gasteiger partial charge in [-0.05, 0) is 89.4 Å². The second-order valence-electron chi connectivity index (χ2n) is 13.8. The number of carbonyl (C=O) groups excluding carboxylic acids is 1. The van der Waals surface area contributed by atoms with Crippen molar-refractivity contribution in [3.8, 4) is 17.2 Å². The number of pyridine rings is 2. The Labute approximate surface area is 318 Å². The van der Waals surface area contributed by atoms with Crippen LogP contribution in [-0.2, 0) is 28.9 Å². The number of esters is 1. The lowest BCUT2D eigenvalue weighted by atomic mass is 9.92. The highest BCUT2D eigenvalue weighted by Crippen LogP contribution is 2.46. The Hall–Kier alpha value is -4.82. The minimum absolute atomic E-state index is 0.0212. The van der Waals surface area contributed by atoms with Crippen LogP contribution in [0.5, 0.6) is 0 Å². The van der Waals surface area contributed by atoms with Gasteiger partial charge in [-0.15, -0.1) is 0 Å². The maximum atomic E-state index is 12.0. The van der Waals surface area contributed by atoms with E-state index in [0.29, 0.717) is 41.1 Å². The standard InChI is InChI=1S/C42H38Cl2N6O3/c1-2-53-38(52)21-47-36-10-9-30-34(36)18-27-16-26(17-33(27)35(30)19-45)29-5-3-6-31(39(29)43)32-7-4-8-37(40(32)44)49-42-41-25(11-13-46-42)15-24(20-48-41)22-50-14-12-28(51)23-50/h3-8,11,13,15-16,18,20,28,36,47,51H,2,9-10,12,14,17,21-23H2,1H3,(H,46,49)/t28-,36+/m1/s1. The normalized spacial score (nSPS) is 17.8. The number of fused-ring (bicyclic) bond motifs is 3. The third kappa shape index (κ3) is 6.90. The molecule has 0 saturated carbocycles. The van der Waals surface area contributed by atoms with Gasteiger partial charge in [0, 0.05) is 61.0 Å². The van der Waals surface area contributed by atoms with Crippen molar-refractivity contribution < 1.29 is 14.6 Å². The number of nitrogens with one attached hydrogen (secondary N) is 2. The summed E-state index contributed by atoms with van der Waals surface area (Å²) in [6, 6.07) is 20.4. The SMILES string of the molecule is CCOC(=O)CN[C@H]1CCc2c1cc1c(c2C#N)CC(c2cccc(-c3cccc(Nc4nccc5cc(CN6CC[C@@H](O)C6)cnc45)c3Cl)c2Cl)=C1. The molecule has 5 aromatic rings. The number of nitriles is 1. The van der Waals surface area contributed by atoms with Crippen LogP contribution in [0.2, 0.25) is 10.0 Å². The van der Waals surface area contributed by atoms with E-state index in [9.17, 15) is 15.2 Å². The molecule has 0 amide bonds. The van der Waals surface area contributed by atoms with Crippen LogP contribution in [0.3, 0.4) is 0 Å². The first-order valence-corrected chi connectivity index (χ1v) is 18.7. The number of nitrogens with zero attached hydrogens (tertiary/aromatic N) is 4. The van der Waals surface area contributed by atoms with Crippen molar-refractivity contribution in [1.82, 2.24) is 20.2 Å². The van der Waals surface area contributed by atoms with E-state index in [4.69, 9.17) is 32.9 Å². The molecular formula is C42H38Cl2N6O3. The summed E-state index contributed by atoms with van der Waals surface area (Å²) < 4.78 is 5.10. The first kappa shape index (κ1) is 35.2. The molecule has 268 valence electrons. The van der Waals surface area contributed by atoms with E-state index in [1.165, 1.54) is 0 Å². The van der Waals surface area contributed by atoms with Crippen LogP contribution >= 0.6 is 23.2 Å². The van der Waals surface area contributed by atoms with Crippen LogP contribution in [0.25, 0.3) is 33.7 Å². The van der Waals surface area contributed by atoms with Crippen LogP contribution in [0.4, 0.5) is 11.5 Å². The number of β-amino-alcohol motifs (C(OH)–C–C–N with tert-alkyl or cyclic N) is 1. The van der Waals surface area contributed by atoms with E-state index in [1.54, 1.807) is 13.1 Å². The second-order valence-corrected chi connectivity index (χ2v) is 14.6. The van der Waals surface area contributed by atoms with E-state index in [2.05, 4.69) is 44.8 Å². The van der Waals surface area contributed by atoms with Crippen LogP contribution < -0.4 is 10.6 Å². The number of benzene rings is 3. The molecule has 11 heteroatoms. The molecule has 1 saturated heterocycles. The molecule has 1 aliphatic heterocycles. The number of aromatic nitrogens is 2. The second kappa shape index (κ2) is 14.9. The van der Waals surface area contributed by atoms with Gasteiger partial charge < -0.3 is 20.5 Å². The van der Waals surface area contributed by atoms with Gasteiger partial charge in [0.15, 0.2) is 5.82 Å². The quantitative estimate of drug-likeness (QED) is 0.122. The topological polar surface area (TPSA) is 123 Å². The number of likely N-dealkylation sites (tertiary alicyclic amines) is 1. The Balaban J connectivity index is 1.06. The van der Waals surface area contributed by atoms with Crippen molar-refractivity contribution in [1.29, 1.82) is 5.26 Å². The average Bonchev–Trinajstić information content (AvgIpc) is 3.89. The number of aliphatic hydroxyl groups is 1. The molecule has 1 fully saturated rings. The molecule has 0 spiro atoms. The lowest BCUT2D eigenvalue weighted by molar-refractivity contribution is -0.142. The van der Waals surface area contributed by atoms with Crippen LogP contribution in [0.1, 0.15) is 64.8 Å². The highest BCUT2D eigenvalue weighted by molar-refractivity contribution is 6.39. The number of hydrogen-bond acceptors (Lipinski definition) is 9. The Bertz CT molecular complexity index is 2340. The van der Waals surface area contributed by atoms with Gasteiger partial charge in [-0.3, -0.25) is 14.7 Å². The van der Waals surface area contributed by atoms with E-state index in [1.807, 2.05) is 48.7 Å². The summed E-state index contributed by atoms with van der Waals surface area (Å²) in [5.74, 6) is 0.310. The number of carbonyl (C=O) groups is 1. The Morgan fingerprint density at radius 2 is 1.87 bits per heavy atom. The summed E-state index contributed by atoms with van der Waals surface area (Å²) >= 11 is 14.4. The summed E-state index contributed by atoms with van der Waals surface area (Å²) in [7, 11) is 0. The van der Waals surface area contributed by atoms with E-state index < -0.39 is 0 Å². The summed E-state index contributed by atoms with van der Waals surface area (Å²) in [4.78, 5) is 23.6. The Morgan fingerprint density at radius 3 is 2.66 bits per heavy atom. The summed E-state index contributed by atoms with van der Waals surface area (Å²) in [6.07, 6.45) is 8.47. The maximum Gasteiger partial charge on any atom is 0.319 e. The predicted octanol–water partition coefficient (Wildman–Crippen LogP) is 8.02. The van der Waals surface area contributed by atoms with Gasteiger partial charge in [-0.1, -0.05) is 59.6 Å². The summed E-state index contributed by atoms with van der Waals surface area (Å²) in [5, 5.41) is 29.0. The van der Waals surface area contributed by atoms with E-state index in [-0.39, 0.29) is 24.7 Å². The number of aliphatic hydroxyl groups excluding tert-OH is 1. The molecule has 0 bridgehead atoms. The minimum atomic E-state index is -0.284. The third-order valence-corrected chi connectivity index (χ3v) is 11.3. The van der Waals surface area contributed by atoms with Gasteiger partial charge in [0.1, 0.15) is 5.52 Å². The van der Waals surface area contributed by atoms with Crippen molar-refractivity contribution in [3.05, 3.63) is 116 Å². The molecule has 3 N–H and O–H groups in total. The fourth-order valence-corrected chi connectivity index (χ4v) is 8.60. The number of anilines is 2. The molecular weight excluding hydrogens is 707 g/mol. The fourth-order valence-electron chi connectivity index (χ4n) is 7.97. The number of rotatable bonds is 10. The average molecular weight is 746 g/mol. The fraction of sp³-hybridized carbons (Fsp3) is 0.286. The largest absolute Gasteiger partial charge is 0.465 e. The smallest absolute Gasteiger partial charge is 0.319 e. The van der Waals surface area contributed by atoms with Crippen molar-refractivity contribution in [2.45, 2.75) is 51.3 Å². The molecule has 3 aliphatic rings. The van der Waals surface area contributed by atoms with Crippen molar-refractivity contribution in [2.75, 3.05) is 31.6 Å². The minimum Gasteiger partial charge on any atom is -0.465 e. The lowest BCUT2D eigenvalue weighted by Crippen LogP contribution is -2.27. The zero-order valence-electron chi connectivity index (χ0n) is 29.3. The van der Waals surface area contributed by atoms with Crippen molar-refractivity contribution in [2.24, 2.45) is 0 Å². The first-order chi connectivity index (χ1) is 25.8. The molecule has 9 nitrogen and oxygen atoms in total. The Kier molecular flexibility index (Phi) is 9.90. The molecule has 2 aromatic heterocycles. The molecule has 8 rings (SSSR count). The lowest BCUT2D eigenvalue weighted by Gasteiger charge is -2.16. The van der Waals surface area contributed by atoms with Gasteiger partial charge in [0.25, 0.3) is 0 Å². The van der Waals surface area contributed by atoms with Crippen molar-refractivity contribution >= 4 is 63.2 Å².